The smallest absolute Gasteiger partial charge is 0.272 e. The molecule has 2 heterocycles. The fourth-order valence-electron chi connectivity index (χ4n) is 3.00. The van der Waals surface area contributed by atoms with Crippen molar-refractivity contribution in [3.8, 4) is 0 Å². The molecule has 0 bridgehead atoms. The Morgan fingerprint density at radius 2 is 1.81 bits per heavy atom. The number of benzene rings is 2. The van der Waals surface area contributed by atoms with Crippen molar-refractivity contribution in [3.63, 3.8) is 0 Å². The van der Waals surface area contributed by atoms with Crippen LogP contribution in [-0.4, -0.2) is 18.0 Å². The van der Waals surface area contributed by atoms with Gasteiger partial charge in [-0.15, -0.1) is 11.3 Å². The topological polar surface area (TPSA) is 97.9 Å². The van der Waals surface area contributed by atoms with Gasteiger partial charge in [0.15, 0.2) is 4.77 Å². The minimum absolute atomic E-state index is 0.0624. The molecule has 2 aromatic heterocycles. The number of H-pyrrole nitrogens is 1. The molecule has 0 unspecified atom stereocenters. The normalized spacial score (nSPS) is 12.0. The number of hydrogen-bond acceptors (Lipinski definition) is 5. The Bertz CT molecular complexity index is 1380. The fourth-order valence-corrected chi connectivity index (χ4v) is 4.90. The fraction of sp³-hybridized carbons (Fsp3) is 0.111. The highest BCUT2D eigenvalue weighted by molar-refractivity contribution is 7.89. The molecule has 0 aliphatic rings. The van der Waals surface area contributed by atoms with Gasteiger partial charge in [-0.05, 0) is 42.4 Å². The summed E-state index contributed by atoms with van der Waals surface area (Å²) < 4.78 is 26.2. The highest BCUT2D eigenvalue weighted by Gasteiger charge is 2.12. The van der Waals surface area contributed by atoms with Crippen LogP contribution in [0.25, 0.3) is 20.3 Å². The minimum Gasteiger partial charge on any atom is -0.330 e. The van der Waals surface area contributed by atoms with Gasteiger partial charge in [-0.3, -0.25) is 9.36 Å². The van der Waals surface area contributed by atoms with Crippen LogP contribution in [0.15, 0.2) is 58.2 Å². The average molecular weight is 418 g/mol. The first kappa shape index (κ1) is 18.1. The van der Waals surface area contributed by atoms with Crippen molar-refractivity contribution in [2.75, 3.05) is 0 Å². The third-order valence-corrected chi connectivity index (χ3v) is 6.80. The molecular weight excluding hydrogens is 402 g/mol. The predicted molar refractivity (Wildman–Crippen MR) is 110 cm³/mol. The molecule has 0 amide bonds. The summed E-state index contributed by atoms with van der Waals surface area (Å²) in [7, 11) is -3.71. The van der Waals surface area contributed by atoms with Gasteiger partial charge in [0.25, 0.3) is 5.56 Å². The van der Waals surface area contributed by atoms with Gasteiger partial charge in [-0.2, -0.15) is 0 Å². The summed E-state index contributed by atoms with van der Waals surface area (Å²) in [5.74, 6) is 0. The van der Waals surface area contributed by atoms with Crippen LogP contribution in [0.2, 0.25) is 0 Å². The summed E-state index contributed by atoms with van der Waals surface area (Å²) in [4.78, 5) is 16.2. The third kappa shape index (κ3) is 3.34. The van der Waals surface area contributed by atoms with Crippen molar-refractivity contribution in [1.82, 2.24) is 9.55 Å². The molecule has 4 rings (SSSR count). The molecule has 9 heteroatoms. The first-order valence-corrected chi connectivity index (χ1v) is 10.9. The number of nitrogens with one attached hydrogen (secondary N) is 1. The van der Waals surface area contributed by atoms with Gasteiger partial charge in [-0.25, -0.2) is 13.6 Å². The summed E-state index contributed by atoms with van der Waals surface area (Å²) in [6.45, 7) is 0.396. The van der Waals surface area contributed by atoms with Crippen LogP contribution in [0.4, 0.5) is 0 Å². The van der Waals surface area contributed by atoms with Crippen LogP contribution in [0.3, 0.4) is 0 Å². The summed E-state index contributed by atoms with van der Waals surface area (Å²) in [5.41, 5.74) is 1.55. The first-order chi connectivity index (χ1) is 12.8. The van der Waals surface area contributed by atoms with Crippen LogP contribution in [-0.2, 0) is 23.0 Å². The number of rotatable bonds is 4. The molecule has 4 aromatic rings. The van der Waals surface area contributed by atoms with E-state index in [1.165, 1.54) is 23.5 Å². The molecule has 0 saturated carbocycles. The molecule has 3 N–H and O–H groups in total. The molecule has 27 heavy (non-hydrogen) atoms. The lowest BCUT2D eigenvalue weighted by molar-refractivity contribution is 0.597. The summed E-state index contributed by atoms with van der Waals surface area (Å²) in [6, 6.07) is 14.1. The Hall–Kier alpha value is -2.33. The Morgan fingerprint density at radius 1 is 1.11 bits per heavy atom. The van der Waals surface area contributed by atoms with Gasteiger partial charge in [0.05, 0.1) is 10.4 Å². The zero-order chi connectivity index (χ0) is 19.2. The van der Waals surface area contributed by atoms with E-state index in [1.54, 1.807) is 16.7 Å². The van der Waals surface area contributed by atoms with Crippen molar-refractivity contribution >= 4 is 53.9 Å². The van der Waals surface area contributed by atoms with E-state index in [4.69, 9.17) is 17.4 Å². The number of hydrogen-bond donors (Lipinski definition) is 2. The predicted octanol–water partition coefficient (Wildman–Crippen LogP) is 3.16. The average Bonchev–Trinajstić information content (AvgIpc) is 3.00. The van der Waals surface area contributed by atoms with Gasteiger partial charge in [0, 0.05) is 16.6 Å². The molecule has 138 valence electrons. The maximum absolute atomic E-state index is 12.9. The van der Waals surface area contributed by atoms with Crippen molar-refractivity contribution in [1.29, 1.82) is 0 Å². The van der Waals surface area contributed by atoms with Crippen LogP contribution in [0.1, 0.15) is 5.56 Å². The molecule has 0 fully saturated rings. The van der Waals surface area contributed by atoms with Gasteiger partial charge >= 0.3 is 0 Å². The Balaban J connectivity index is 1.69. The second-order valence-corrected chi connectivity index (χ2v) is 9.13. The molecule has 0 aliphatic carbocycles. The Morgan fingerprint density at radius 3 is 2.52 bits per heavy atom. The summed E-state index contributed by atoms with van der Waals surface area (Å²) in [6.07, 6.45) is 0.540. The lowest BCUT2D eigenvalue weighted by atomic mass is 10.1. The van der Waals surface area contributed by atoms with E-state index < -0.39 is 10.0 Å². The Kier molecular flexibility index (Phi) is 4.47. The minimum atomic E-state index is -3.71. The summed E-state index contributed by atoms with van der Waals surface area (Å²) >= 11 is 6.84. The number of aryl methyl sites for hydroxylation is 1. The second-order valence-electron chi connectivity index (χ2n) is 6.13. The number of sulfonamides is 1. The van der Waals surface area contributed by atoms with E-state index in [1.807, 2.05) is 24.3 Å². The molecule has 0 saturated heterocycles. The number of aromatic nitrogens is 2. The quantitative estimate of drug-likeness (QED) is 0.498. The maximum atomic E-state index is 12.9. The maximum Gasteiger partial charge on any atom is 0.272 e. The zero-order valence-corrected chi connectivity index (χ0v) is 16.5. The van der Waals surface area contributed by atoms with Crippen LogP contribution in [0.5, 0.6) is 0 Å². The molecule has 2 aromatic carbocycles. The molecular formula is C18H15N3O3S3. The number of nitrogens with two attached hydrogens (primary N) is 1. The Labute approximate surface area is 163 Å². The third-order valence-electron chi connectivity index (χ3n) is 4.39. The van der Waals surface area contributed by atoms with E-state index in [2.05, 4.69) is 4.98 Å². The number of nitrogens with zero attached hydrogens (tertiary/aromatic N) is 1. The van der Waals surface area contributed by atoms with Crippen molar-refractivity contribution in [2.24, 2.45) is 5.14 Å². The number of aromatic amines is 1. The van der Waals surface area contributed by atoms with Crippen LogP contribution in [0, 0.1) is 4.77 Å². The van der Waals surface area contributed by atoms with Crippen LogP contribution < -0.4 is 10.7 Å². The highest BCUT2D eigenvalue weighted by Crippen LogP contribution is 2.29. The van der Waals surface area contributed by atoms with Gasteiger partial charge in [-0.1, -0.05) is 30.3 Å². The van der Waals surface area contributed by atoms with Gasteiger partial charge < -0.3 is 4.98 Å². The summed E-state index contributed by atoms with van der Waals surface area (Å²) in [5, 5.41) is 6.10. The second kappa shape index (κ2) is 6.68. The lowest BCUT2D eigenvalue weighted by Gasteiger charge is -2.07. The molecule has 6 nitrogen and oxygen atoms in total. The van der Waals surface area contributed by atoms with Gasteiger partial charge in [0.1, 0.15) is 4.70 Å². The number of primary sulfonamides is 1. The monoisotopic (exact) mass is 417 g/mol. The zero-order valence-electron chi connectivity index (χ0n) is 14.0. The molecule has 0 spiro atoms. The van der Waals surface area contributed by atoms with E-state index in [-0.39, 0.29) is 10.5 Å². The highest BCUT2D eigenvalue weighted by atomic mass is 32.2. The van der Waals surface area contributed by atoms with Crippen LogP contribution >= 0.6 is 23.6 Å². The molecule has 0 aliphatic heterocycles. The SMILES string of the molecule is NS(=O)(=O)c1ccc(CCn2c(=S)[nH]c3c(sc4ccccc43)c2=O)cc1. The lowest BCUT2D eigenvalue weighted by Crippen LogP contribution is -2.22. The first-order valence-electron chi connectivity index (χ1n) is 8.11. The van der Waals surface area contributed by atoms with Crippen molar-refractivity contribution < 1.29 is 8.42 Å². The standard InChI is InChI=1S/C18H15N3O3S3/c19-27(23,24)12-7-5-11(6-8-12)9-10-21-17(22)16-15(20-18(21)25)13-3-1-2-4-14(13)26-16/h1-8H,9-10H2,(H,20,25)(H2,19,23,24). The van der Waals surface area contributed by atoms with E-state index in [0.29, 0.717) is 22.4 Å². The number of fused-ring (bicyclic) bond motifs is 3. The molecule has 0 atom stereocenters. The van der Waals surface area contributed by atoms with Gasteiger partial charge in [0.2, 0.25) is 10.0 Å². The van der Waals surface area contributed by atoms with E-state index in [0.717, 1.165) is 21.2 Å². The molecule has 0 radical (unpaired) electrons. The van der Waals surface area contributed by atoms with E-state index >= 15 is 0 Å². The van der Waals surface area contributed by atoms with E-state index in [9.17, 15) is 13.2 Å². The number of thiophene rings is 1. The largest absolute Gasteiger partial charge is 0.330 e. The van der Waals surface area contributed by atoms with Crippen molar-refractivity contribution in [3.05, 3.63) is 69.2 Å². The van der Waals surface area contributed by atoms with Crippen molar-refractivity contribution in [2.45, 2.75) is 17.9 Å².